The zero-order chi connectivity index (χ0) is 21.8. The van der Waals surface area contributed by atoms with Gasteiger partial charge >= 0.3 is 6.03 Å². The molecule has 2 heterocycles. The van der Waals surface area contributed by atoms with Crippen LogP contribution in [0.2, 0.25) is 0 Å². The number of nitrogens with zero attached hydrogens (tertiary/aromatic N) is 3. The van der Waals surface area contributed by atoms with E-state index in [2.05, 4.69) is 20.9 Å². The van der Waals surface area contributed by atoms with Gasteiger partial charge in [-0.2, -0.15) is 9.78 Å². The van der Waals surface area contributed by atoms with Crippen molar-refractivity contribution >= 4 is 17.6 Å². The number of carbonyl (C=O) groups excluding carboxylic acids is 2. The summed E-state index contributed by atoms with van der Waals surface area (Å²) < 4.78 is 6.29. The number of phenols is 1. The molecule has 2 aromatic heterocycles. The van der Waals surface area contributed by atoms with E-state index in [9.17, 15) is 14.7 Å². The Balaban J connectivity index is 1.66. The van der Waals surface area contributed by atoms with Gasteiger partial charge in [0.1, 0.15) is 5.75 Å². The number of phenolic OH excluding ortho intramolecular Hbond substituents is 1. The summed E-state index contributed by atoms with van der Waals surface area (Å²) >= 11 is 0. The van der Waals surface area contributed by atoms with Crippen LogP contribution in [0.1, 0.15) is 61.2 Å². The van der Waals surface area contributed by atoms with E-state index in [1.807, 2.05) is 13.0 Å². The number of anilines is 1. The second-order valence-corrected chi connectivity index (χ2v) is 7.64. The van der Waals surface area contributed by atoms with Crippen LogP contribution in [0.25, 0.3) is 11.3 Å². The number of carbonyl (C=O) groups is 2. The molecule has 1 aliphatic rings. The lowest BCUT2D eigenvalue weighted by atomic mass is 10.0. The Morgan fingerprint density at radius 3 is 2.74 bits per heavy atom. The molecule has 1 saturated carbocycles. The molecule has 4 rings (SSSR count). The first-order valence-electron chi connectivity index (χ1n) is 10.5. The second kappa shape index (κ2) is 9.03. The molecule has 0 spiro atoms. The quantitative estimate of drug-likeness (QED) is 0.513. The summed E-state index contributed by atoms with van der Waals surface area (Å²) in [6.07, 6.45) is 6.47. The Labute approximate surface area is 179 Å². The summed E-state index contributed by atoms with van der Waals surface area (Å²) in [7, 11) is 0. The first-order valence-corrected chi connectivity index (χ1v) is 10.5. The Bertz CT molecular complexity index is 1070. The highest BCUT2D eigenvalue weighted by Crippen LogP contribution is 2.38. The largest absolute Gasteiger partial charge is 0.507 e. The van der Waals surface area contributed by atoms with Crippen LogP contribution in [0.3, 0.4) is 0 Å². The minimum Gasteiger partial charge on any atom is -0.507 e. The SMILES string of the molecule is CCCNC(=O)n1nc(-c2cc(NC(=O)c3ccno3)ccc2O)cc1C1CCCC1. The van der Waals surface area contributed by atoms with Crippen molar-refractivity contribution in [2.45, 2.75) is 44.9 Å². The van der Waals surface area contributed by atoms with Gasteiger partial charge in [0.25, 0.3) is 5.91 Å². The fraction of sp³-hybridized carbons (Fsp3) is 0.364. The van der Waals surface area contributed by atoms with Gasteiger partial charge in [0.2, 0.25) is 5.76 Å². The molecule has 0 atom stereocenters. The Morgan fingerprint density at radius 1 is 1.23 bits per heavy atom. The molecule has 2 amide bonds. The monoisotopic (exact) mass is 423 g/mol. The van der Waals surface area contributed by atoms with Gasteiger partial charge in [0.15, 0.2) is 0 Å². The van der Waals surface area contributed by atoms with E-state index in [4.69, 9.17) is 4.52 Å². The molecule has 3 N–H and O–H groups in total. The summed E-state index contributed by atoms with van der Waals surface area (Å²) in [6, 6.07) is 7.73. The summed E-state index contributed by atoms with van der Waals surface area (Å²) in [6.45, 7) is 2.55. The number of aromatic nitrogens is 3. The predicted molar refractivity (Wildman–Crippen MR) is 114 cm³/mol. The van der Waals surface area contributed by atoms with E-state index in [0.717, 1.165) is 37.8 Å². The van der Waals surface area contributed by atoms with E-state index in [-0.39, 0.29) is 23.5 Å². The number of rotatable bonds is 6. The average Bonchev–Trinajstić information content (AvgIpc) is 3.54. The smallest absolute Gasteiger partial charge is 0.342 e. The number of aromatic hydroxyl groups is 1. The third-order valence-corrected chi connectivity index (χ3v) is 5.42. The highest BCUT2D eigenvalue weighted by Gasteiger charge is 2.26. The molecule has 0 unspecified atom stereocenters. The number of amides is 2. The lowest BCUT2D eigenvalue weighted by Crippen LogP contribution is -2.31. The molecule has 1 aromatic carbocycles. The van der Waals surface area contributed by atoms with Gasteiger partial charge in [-0.25, -0.2) is 4.79 Å². The lowest BCUT2D eigenvalue weighted by molar-refractivity contribution is 0.0988. The molecule has 3 aromatic rings. The van der Waals surface area contributed by atoms with Crippen molar-refractivity contribution in [3.05, 3.63) is 48.0 Å². The molecule has 162 valence electrons. The van der Waals surface area contributed by atoms with Crippen LogP contribution in [0.4, 0.5) is 10.5 Å². The van der Waals surface area contributed by atoms with Crippen LogP contribution in [-0.4, -0.2) is 38.5 Å². The first-order chi connectivity index (χ1) is 15.1. The maximum atomic E-state index is 12.7. The maximum absolute atomic E-state index is 12.7. The van der Waals surface area contributed by atoms with Crippen molar-refractivity contribution in [3.63, 3.8) is 0 Å². The molecule has 0 bridgehead atoms. The van der Waals surface area contributed by atoms with Gasteiger partial charge in [0, 0.05) is 29.8 Å². The average molecular weight is 423 g/mol. The Kier molecular flexibility index (Phi) is 6.01. The molecule has 1 fully saturated rings. The third kappa shape index (κ3) is 4.45. The Hall–Kier alpha value is -3.62. The molecule has 0 saturated heterocycles. The van der Waals surface area contributed by atoms with Crippen LogP contribution in [0, 0.1) is 0 Å². The molecular weight excluding hydrogens is 398 g/mol. The predicted octanol–water partition coefficient (Wildman–Crippen LogP) is 4.12. The fourth-order valence-electron chi connectivity index (χ4n) is 3.85. The normalized spacial score (nSPS) is 14.0. The van der Waals surface area contributed by atoms with Crippen molar-refractivity contribution in [1.29, 1.82) is 0 Å². The van der Waals surface area contributed by atoms with Gasteiger partial charge in [-0.15, -0.1) is 0 Å². The van der Waals surface area contributed by atoms with Gasteiger partial charge in [-0.3, -0.25) is 4.79 Å². The van der Waals surface area contributed by atoms with E-state index >= 15 is 0 Å². The number of benzene rings is 1. The molecule has 9 heteroatoms. The molecule has 1 aliphatic carbocycles. The molecular formula is C22H25N5O4. The van der Waals surface area contributed by atoms with Crippen LogP contribution in [0.15, 0.2) is 41.1 Å². The zero-order valence-corrected chi connectivity index (χ0v) is 17.3. The van der Waals surface area contributed by atoms with Crippen LogP contribution in [-0.2, 0) is 0 Å². The molecule has 9 nitrogen and oxygen atoms in total. The fourth-order valence-corrected chi connectivity index (χ4v) is 3.85. The van der Waals surface area contributed by atoms with Gasteiger partial charge in [-0.1, -0.05) is 24.9 Å². The molecule has 31 heavy (non-hydrogen) atoms. The third-order valence-electron chi connectivity index (χ3n) is 5.42. The van der Waals surface area contributed by atoms with Crippen molar-refractivity contribution in [1.82, 2.24) is 20.3 Å². The summed E-state index contributed by atoms with van der Waals surface area (Å²) in [5.74, 6) is -0.111. The van der Waals surface area contributed by atoms with Crippen molar-refractivity contribution in [3.8, 4) is 17.0 Å². The highest BCUT2D eigenvalue weighted by molar-refractivity contribution is 6.02. The number of nitrogens with one attached hydrogen (secondary N) is 2. The summed E-state index contributed by atoms with van der Waals surface area (Å²) in [5, 5.41) is 24.1. The van der Waals surface area contributed by atoms with Crippen molar-refractivity contribution < 1.29 is 19.2 Å². The number of hydrogen-bond acceptors (Lipinski definition) is 6. The highest BCUT2D eigenvalue weighted by atomic mass is 16.5. The maximum Gasteiger partial charge on any atom is 0.342 e. The topological polar surface area (TPSA) is 122 Å². The summed E-state index contributed by atoms with van der Waals surface area (Å²) in [4.78, 5) is 25.0. The van der Waals surface area contributed by atoms with Crippen molar-refractivity contribution in [2.24, 2.45) is 0 Å². The minimum absolute atomic E-state index is 0.00857. The van der Waals surface area contributed by atoms with Crippen molar-refractivity contribution in [2.75, 3.05) is 11.9 Å². The Morgan fingerprint density at radius 2 is 2.03 bits per heavy atom. The van der Waals surface area contributed by atoms with Gasteiger partial charge in [0.05, 0.1) is 17.6 Å². The van der Waals surface area contributed by atoms with Gasteiger partial charge in [-0.05, 0) is 43.5 Å². The minimum atomic E-state index is -0.453. The first kappa shape index (κ1) is 20.6. The van der Waals surface area contributed by atoms with E-state index in [0.29, 0.717) is 23.5 Å². The van der Waals surface area contributed by atoms with Crippen LogP contribution < -0.4 is 10.6 Å². The standard InChI is InChI=1S/C22H25N5O4/c1-2-10-23-22(30)27-18(14-5-3-4-6-14)13-17(26-27)16-12-15(7-8-19(16)28)25-21(29)20-9-11-24-31-20/h7-9,11-14,28H,2-6,10H2,1H3,(H,23,30)(H,25,29). The van der Waals surface area contributed by atoms with Gasteiger partial charge < -0.3 is 20.3 Å². The van der Waals surface area contributed by atoms with E-state index in [1.54, 1.807) is 12.1 Å². The van der Waals surface area contributed by atoms with Crippen LogP contribution in [0.5, 0.6) is 5.75 Å². The lowest BCUT2D eigenvalue weighted by Gasteiger charge is -2.11. The number of hydrogen-bond donors (Lipinski definition) is 3. The molecule has 0 aliphatic heterocycles. The molecule has 0 radical (unpaired) electrons. The van der Waals surface area contributed by atoms with E-state index < -0.39 is 5.91 Å². The van der Waals surface area contributed by atoms with Crippen LogP contribution >= 0.6 is 0 Å². The summed E-state index contributed by atoms with van der Waals surface area (Å²) in [5.41, 5.74) is 2.21. The second-order valence-electron chi connectivity index (χ2n) is 7.64. The van der Waals surface area contributed by atoms with E-state index in [1.165, 1.54) is 23.0 Å². The zero-order valence-electron chi connectivity index (χ0n) is 17.3.